The van der Waals surface area contributed by atoms with E-state index in [1.165, 1.54) is 46.8 Å². The summed E-state index contributed by atoms with van der Waals surface area (Å²) < 4.78 is 60.8. The molecule has 0 radical (unpaired) electrons. The fraction of sp³-hybridized carbons (Fsp3) is 0.240. The maximum Gasteiger partial charge on any atom is 0.263 e. The van der Waals surface area contributed by atoms with E-state index in [0.717, 1.165) is 11.1 Å². The largest absolute Gasteiger partial charge is 0.379 e. The maximum atomic E-state index is 13.1. The number of aryl methyl sites for hydroxylation is 2. The third-order valence-electron chi connectivity index (χ3n) is 5.84. The van der Waals surface area contributed by atoms with Gasteiger partial charge in [-0.15, -0.1) is 0 Å². The number of ether oxygens (including phenoxy) is 1. The molecule has 1 fully saturated rings. The van der Waals surface area contributed by atoms with Crippen molar-refractivity contribution in [2.24, 2.45) is 0 Å². The highest BCUT2D eigenvalue weighted by Gasteiger charge is 2.26. The van der Waals surface area contributed by atoms with Crippen LogP contribution in [0, 0.1) is 13.8 Å². The summed E-state index contributed by atoms with van der Waals surface area (Å²) in [7, 11) is -7.75. The van der Waals surface area contributed by atoms with Crippen LogP contribution < -0.4 is 10.0 Å². The lowest BCUT2D eigenvalue weighted by atomic mass is 10.1. The number of morpholine rings is 1. The van der Waals surface area contributed by atoms with E-state index in [1.54, 1.807) is 19.1 Å². The molecular weight excluding hydrogens is 538 g/mol. The Kier molecular flexibility index (Phi) is 7.91. The number of rotatable bonds is 7. The molecule has 4 rings (SSSR count). The minimum atomic E-state index is -4.09. The van der Waals surface area contributed by atoms with Crippen LogP contribution in [0.4, 0.5) is 11.4 Å². The third kappa shape index (κ3) is 6.13. The molecule has 1 aliphatic rings. The number of amides is 1. The number of hydrogen-bond donors (Lipinski definition) is 2. The molecular formula is C25H26ClN3O6S2. The number of nitrogens with zero attached hydrogens (tertiary/aromatic N) is 1. The molecule has 1 amide bonds. The zero-order chi connectivity index (χ0) is 26.8. The topological polar surface area (TPSA) is 122 Å². The first kappa shape index (κ1) is 27.1. The summed E-state index contributed by atoms with van der Waals surface area (Å²) in [6, 6.07) is 15.1. The van der Waals surface area contributed by atoms with Gasteiger partial charge in [0.15, 0.2) is 0 Å². The Morgan fingerprint density at radius 3 is 2.27 bits per heavy atom. The van der Waals surface area contributed by atoms with Crippen molar-refractivity contribution in [1.82, 2.24) is 4.31 Å². The van der Waals surface area contributed by atoms with Gasteiger partial charge in [-0.2, -0.15) is 4.31 Å². The molecule has 0 atom stereocenters. The predicted molar refractivity (Wildman–Crippen MR) is 142 cm³/mol. The quantitative estimate of drug-likeness (QED) is 0.447. The van der Waals surface area contributed by atoms with Crippen molar-refractivity contribution >= 4 is 48.9 Å². The van der Waals surface area contributed by atoms with Crippen molar-refractivity contribution in [3.05, 3.63) is 82.4 Å². The Labute approximate surface area is 221 Å². The molecule has 1 heterocycles. The second-order valence-corrected chi connectivity index (χ2v) is 12.6. The van der Waals surface area contributed by atoms with Crippen molar-refractivity contribution in [2.45, 2.75) is 23.6 Å². The van der Waals surface area contributed by atoms with Crippen LogP contribution in [-0.2, 0) is 24.8 Å². The molecule has 0 saturated carbocycles. The van der Waals surface area contributed by atoms with Gasteiger partial charge in [0.05, 0.1) is 28.8 Å². The van der Waals surface area contributed by atoms with Crippen LogP contribution in [0.25, 0.3) is 0 Å². The molecule has 12 heteroatoms. The molecule has 9 nitrogen and oxygen atoms in total. The highest BCUT2D eigenvalue weighted by atomic mass is 35.5. The molecule has 3 aromatic rings. The predicted octanol–water partition coefficient (Wildman–Crippen LogP) is 4.03. The Balaban J connectivity index is 1.52. The zero-order valence-corrected chi connectivity index (χ0v) is 22.6. The summed E-state index contributed by atoms with van der Waals surface area (Å²) in [6.07, 6.45) is 0. The average molecular weight is 564 g/mol. The van der Waals surface area contributed by atoms with Gasteiger partial charge in [-0.05, 0) is 73.5 Å². The fourth-order valence-corrected chi connectivity index (χ4v) is 6.80. The van der Waals surface area contributed by atoms with Crippen molar-refractivity contribution < 1.29 is 26.4 Å². The first-order valence-electron chi connectivity index (χ1n) is 11.4. The van der Waals surface area contributed by atoms with Crippen molar-refractivity contribution in [3.8, 4) is 0 Å². The van der Waals surface area contributed by atoms with Crippen molar-refractivity contribution in [3.63, 3.8) is 0 Å². The van der Waals surface area contributed by atoms with Gasteiger partial charge in [-0.3, -0.25) is 9.52 Å². The van der Waals surface area contributed by atoms with E-state index in [0.29, 0.717) is 24.6 Å². The van der Waals surface area contributed by atoms with Crippen molar-refractivity contribution in [2.75, 3.05) is 36.3 Å². The minimum absolute atomic E-state index is 0.0352. The number of halogens is 1. The number of hydrogen-bond acceptors (Lipinski definition) is 6. The van der Waals surface area contributed by atoms with Gasteiger partial charge in [-0.25, -0.2) is 16.8 Å². The summed E-state index contributed by atoms with van der Waals surface area (Å²) in [6.45, 7) is 4.86. The minimum Gasteiger partial charge on any atom is -0.379 e. The van der Waals surface area contributed by atoms with E-state index in [4.69, 9.17) is 16.3 Å². The Hall–Kier alpha value is -2.96. The van der Waals surface area contributed by atoms with Gasteiger partial charge < -0.3 is 10.1 Å². The first-order chi connectivity index (χ1) is 17.5. The van der Waals surface area contributed by atoms with Gasteiger partial charge in [0.2, 0.25) is 10.0 Å². The molecule has 0 bridgehead atoms. The van der Waals surface area contributed by atoms with E-state index in [2.05, 4.69) is 10.0 Å². The molecule has 0 unspecified atom stereocenters. The van der Waals surface area contributed by atoms with Crippen LogP contribution in [0.3, 0.4) is 0 Å². The Morgan fingerprint density at radius 2 is 1.59 bits per heavy atom. The van der Waals surface area contributed by atoms with E-state index in [-0.39, 0.29) is 33.5 Å². The number of nitrogens with one attached hydrogen (secondary N) is 2. The van der Waals surface area contributed by atoms with Crippen LogP contribution in [0.15, 0.2) is 70.5 Å². The van der Waals surface area contributed by atoms with Crippen LogP contribution in [0.5, 0.6) is 0 Å². The SMILES string of the molecule is Cc1ccc(C)c(NS(=O)(=O)c2cc(C(=O)Nc3ccc(S(=O)(=O)N4CCOCC4)cc3)ccc2Cl)c1. The lowest BCUT2D eigenvalue weighted by Gasteiger charge is -2.26. The van der Waals surface area contributed by atoms with E-state index in [9.17, 15) is 21.6 Å². The molecule has 196 valence electrons. The number of carbonyl (C=O) groups is 1. The molecule has 1 saturated heterocycles. The van der Waals surface area contributed by atoms with Crippen LogP contribution >= 0.6 is 11.6 Å². The lowest BCUT2D eigenvalue weighted by molar-refractivity contribution is 0.0730. The van der Waals surface area contributed by atoms with Gasteiger partial charge in [0.25, 0.3) is 15.9 Å². The average Bonchev–Trinajstić information content (AvgIpc) is 2.87. The Morgan fingerprint density at radius 1 is 0.919 bits per heavy atom. The van der Waals surface area contributed by atoms with Crippen LogP contribution in [0.1, 0.15) is 21.5 Å². The summed E-state index contributed by atoms with van der Waals surface area (Å²) >= 11 is 6.19. The molecule has 0 aliphatic carbocycles. The second-order valence-electron chi connectivity index (χ2n) is 8.56. The summed E-state index contributed by atoms with van der Waals surface area (Å²) in [5.41, 5.74) is 2.44. The second kappa shape index (κ2) is 10.8. The van der Waals surface area contributed by atoms with Gasteiger partial charge >= 0.3 is 0 Å². The van der Waals surface area contributed by atoms with Crippen LogP contribution in [0.2, 0.25) is 5.02 Å². The molecule has 0 aromatic heterocycles. The molecule has 0 spiro atoms. The Bertz CT molecular complexity index is 1540. The highest BCUT2D eigenvalue weighted by molar-refractivity contribution is 7.92. The van der Waals surface area contributed by atoms with Crippen molar-refractivity contribution in [1.29, 1.82) is 0 Å². The summed E-state index contributed by atoms with van der Waals surface area (Å²) in [5, 5.41) is 2.62. The number of anilines is 2. The molecule has 37 heavy (non-hydrogen) atoms. The standard InChI is InChI=1S/C25H26ClN3O6S2/c1-17-3-4-18(2)23(15-17)28-36(31,32)24-16-19(5-10-22(24)26)25(30)27-20-6-8-21(9-7-20)37(33,34)29-11-13-35-14-12-29/h3-10,15-16,28H,11-14H2,1-2H3,(H,27,30). The van der Waals surface area contributed by atoms with Gasteiger partial charge in [0, 0.05) is 24.3 Å². The first-order valence-corrected chi connectivity index (χ1v) is 14.7. The van der Waals surface area contributed by atoms with E-state index < -0.39 is 26.0 Å². The monoisotopic (exact) mass is 563 g/mol. The van der Waals surface area contributed by atoms with Crippen LogP contribution in [-0.4, -0.2) is 53.4 Å². The number of benzene rings is 3. The molecule has 2 N–H and O–H groups in total. The van der Waals surface area contributed by atoms with Gasteiger partial charge in [-0.1, -0.05) is 23.7 Å². The normalized spacial score (nSPS) is 14.8. The summed E-state index contributed by atoms with van der Waals surface area (Å²) in [5.74, 6) is -0.580. The lowest BCUT2D eigenvalue weighted by Crippen LogP contribution is -2.40. The van der Waals surface area contributed by atoms with E-state index in [1.807, 2.05) is 13.0 Å². The highest BCUT2D eigenvalue weighted by Crippen LogP contribution is 2.27. The zero-order valence-electron chi connectivity index (χ0n) is 20.2. The van der Waals surface area contributed by atoms with Gasteiger partial charge in [0.1, 0.15) is 4.90 Å². The number of carbonyl (C=O) groups excluding carboxylic acids is 1. The molecule has 1 aliphatic heterocycles. The van der Waals surface area contributed by atoms with E-state index >= 15 is 0 Å². The summed E-state index contributed by atoms with van der Waals surface area (Å²) in [4.78, 5) is 12.7. The third-order valence-corrected chi connectivity index (χ3v) is 9.60. The number of sulfonamides is 2. The molecule has 3 aromatic carbocycles. The smallest absolute Gasteiger partial charge is 0.263 e. The fourth-order valence-electron chi connectivity index (χ4n) is 3.75. The maximum absolute atomic E-state index is 13.1.